The Morgan fingerprint density at radius 1 is 1.37 bits per heavy atom. The molecule has 0 saturated heterocycles. The molecule has 100 valence electrons. The van der Waals surface area contributed by atoms with E-state index in [1.165, 1.54) is 4.68 Å². The van der Waals surface area contributed by atoms with Crippen LogP contribution in [0, 0.1) is 6.92 Å². The van der Waals surface area contributed by atoms with Crippen LogP contribution in [0.3, 0.4) is 0 Å². The molecule has 2 aromatic rings. The number of rotatable bonds is 5. The predicted octanol–water partition coefficient (Wildman–Crippen LogP) is 2.34. The van der Waals surface area contributed by atoms with Crippen molar-refractivity contribution in [3.8, 4) is 5.75 Å². The topological polar surface area (TPSA) is 64.4 Å². The molecule has 0 fully saturated rings. The quantitative estimate of drug-likeness (QED) is 0.896. The summed E-state index contributed by atoms with van der Waals surface area (Å²) in [6.45, 7) is 4.77. The number of aromatic carboxylic acids is 1. The minimum Gasteiger partial charge on any atom is -0.494 e. The lowest BCUT2D eigenvalue weighted by molar-refractivity contribution is 0.0684. The molecule has 0 saturated carbocycles. The summed E-state index contributed by atoms with van der Waals surface area (Å²) in [5.74, 6) is -0.159. The second-order valence-corrected chi connectivity index (χ2v) is 4.21. The Labute approximate surface area is 111 Å². The molecule has 1 aromatic heterocycles. The maximum absolute atomic E-state index is 11.1. The van der Waals surface area contributed by atoms with Gasteiger partial charge in [0.05, 0.1) is 18.8 Å². The van der Waals surface area contributed by atoms with Gasteiger partial charge in [0.15, 0.2) is 0 Å². The van der Waals surface area contributed by atoms with Gasteiger partial charge in [-0.2, -0.15) is 5.10 Å². The molecule has 2 rings (SSSR count). The largest absolute Gasteiger partial charge is 0.494 e. The molecule has 5 heteroatoms. The van der Waals surface area contributed by atoms with Gasteiger partial charge in [-0.15, -0.1) is 0 Å². The molecule has 1 heterocycles. The van der Waals surface area contributed by atoms with Crippen LogP contribution < -0.4 is 4.74 Å². The molecular formula is C14H16N2O3. The summed E-state index contributed by atoms with van der Waals surface area (Å²) >= 11 is 0. The zero-order chi connectivity index (χ0) is 13.8. The summed E-state index contributed by atoms with van der Waals surface area (Å²) in [4.78, 5) is 11.1. The Morgan fingerprint density at radius 3 is 2.63 bits per heavy atom. The van der Waals surface area contributed by atoms with E-state index in [-0.39, 0.29) is 5.69 Å². The molecule has 0 aliphatic carbocycles. The van der Waals surface area contributed by atoms with E-state index in [1.54, 1.807) is 13.0 Å². The summed E-state index contributed by atoms with van der Waals surface area (Å²) in [6.07, 6.45) is 0. The number of hydrogen-bond donors (Lipinski definition) is 1. The van der Waals surface area contributed by atoms with Crippen molar-refractivity contribution >= 4 is 5.97 Å². The number of aryl methyl sites for hydroxylation is 1. The Hall–Kier alpha value is -2.30. The number of carbonyl (C=O) groups is 1. The molecule has 0 aliphatic rings. The minimum atomic E-state index is -0.966. The number of nitrogens with zero attached hydrogens (tertiary/aromatic N) is 2. The highest BCUT2D eigenvalue weighted by atomic mass is 16.5. The minimum absolute atomic E-state index is 0.200. The maximum Gasteiger partial charge on any atom is 0.354 e. The van der Waals surface area contributed by atoms with Gasteiger partial charge in [0, 0.05) is 0 Å². The van der Waals surface area contributed by atoms with Crippen LogP contribution in [-0.2, 0) is 6.54 Å². The van der Waals surface area contributed by atoms with Crippen LogP contribution in [0.4, 0.5) is 0 Å². The fourth-order valence-corrected chi connectivity index (χ4v) is 1.87. The third-order valence-electron chi connectivity index (χ3n) is 2.69. The van der Waals surface area contributed by atoms with Crippen LogP contribution in [0.2, 0.25) is 0 Å². The van der Waals surface area contributed by atoms with Crippen LogP contribution in [0.5, 0.6) is 5.75 Å². The molecular weight excluding hydrogens is 244 g/mol. The molecule has 0 atom stereocenters. The molecule has 1 aromatic carbocycles. The molecule has 0 aliphatic heterocycles. The normalized spacial score (nSPS) is 10.4. The summed E-state index contributed by atoms with van der Waals surface area (Å²) in [7, 11) is 0. The predicted molar refractivity (Wildman–Crippen MR) is 70.6 cm³/mol. The third kappa shape index (κ3) is 3.13. The lowest BCUT2D eigenvalue weighted by Crippen LogP contribution is -2.10. The van der Waals surface area contributed by atoms with E-state index in [9.17, 15) is 4.79 Å². The van der Waals surface area contributed by atoms with E-state index < -0.39 is 5.97 Å². The summed E-state index contributed by atoms with van der Waals surface area (Å²) in [5, 5.41) is 13.3. The highest BCUT2D eigenvalue weighted by Crippen LogP contribution is 2.14. The van der Waals surface area contributed by atoms with Gasteiger partial charge in [-0.3, -0.25) is 4.68 Å². The SMILES string of the molecule is CCOc1ccc(Cn2nc(C)cc2C(=O)O)cc1. The van der Waals surface area contributed by atoms with E-state index in [1.807, 2.05) is 31.2 Å². The van der Waals surface area contributed by atoms with Gasteiger partial charge < -0.3 is 9.84 Å². The summed E-state index contributed by atoms with van der Waals surface area (Å²) < 4.78 is 6.85. The zero-order valence-electron chi connectivity index (χ0n) is 11.0. The fourth-order valence-electron chi connectivity index (χ4n) is 1.87. The average Bonchev–Trinajstić information content (AvgIpc) is 2.73. The van der Waals surface area contributed by atoms with Gasteiger partial charge in [-0.05, 0) is 37.6 Å². The molecule has 0 bridgehead atoms. The van der Waals surface area contributed by atoms with E-state index in [0.717, 1.165) is 11.3 Å². The first-order valence-corrected chi connectivity index (χ1v) is 6.09. The van der Waals surface area contributed by atoms with Gasteiger partial charge in [0.25, 0.3) is 0 Å². The van der Waals surface area contributed by atoms with Crippen LogP contribution in [0.1, 0.15) is 28.7 Å². The number of carboxylic acids is 1. The van der Waals surface area contributed by atoms with Crippen molar-refractivity contribution < 1.29 is 14.6 Å². The highest BCUT2D eigenvalue weighted by molar-refractivity contribution is 5.85. The second-order valence-electron chi connectivity index (χ2n) is 4.21. The second kappa shape index (κ2) is 5.56. The standard InChI is InChI=1S/C14H16N2O3/c1-3-19-12-6-4-11(5-7-12)9-16-13(14(17)18)8-10(2)15-16/h4-8H,3,9H2,1-2H3,(H,17,18). The van der Waals surface area contributed by atoms with Crippen molar-refractivity contribution in [2.75, 3.05) is 6.61 Å². The molecule has 1 N–H and O–H groups in total. The summed E-state index contributed by atoms with van der Waals surface area (Å²) in [6, 6.07) is 9.13. The van der Waals surface area contributed by atoms with Crippen molar-refractivity contribution in [3.63, 3.8) is 0 Å². The van der Waals surface area contributed by atoms with Crippen molar-refractivity contribution in [2.45, 2.75) is 20.4 Å². The van der Waals surface area contributed by atoms with Gasteiger partial charge in [0.1, 0.15) is 11.4 Å². The molecule has 19 heavy (non-hydrogen) atoms. The number of benzene rings is 1. The van der Waals surface area contributed by atoms with Crippen molar-refractivity contribution in [3.05, 3.63) is 47.3 Å². The highest BCUT2D eigenvalue weighted by Gasteiger charge is 2.12. The lowest BCUT2D eigenvalue weighted by atomic mass is 10.2. The van der Waals surface area contributed by atoms with E-state index in [2.05, 4.69) is 5.10 Å². The van der Waals surface area contributed by atoms with Gasteiger partial charge in [-0.1, -0.05) is 12.1 Å². The summed E-state index contributed by atoms with van der Waals surface area (Å²) in [5.41, 5.74) is 1.88. The van der Waals surface area contributed by atoms with Crippen molar-refractivity contribution in [2.24, 2.45) is 0 Å². The Bertz CT molecular complexity index is 573. The van der Waals surface area contributed by atoms with E-state index >= 15 is 0 Å². The Kier molecular flexibility index (Phi) is 3.85. The number of carboxylic acid groups (broad SMARTS) is 1. The first kappa shape index (κ1) is 13.1. The molecule has 0 radical (unpaired) electrons. The average molecular weight is 260 g/mol. The molecule has 0 amide bonds. The van der Waals surface area contributed by atoms with Crippen LogP contribution in [0.25, 0.3) is 0 Å². The van der Waals surface area contributed by atoms with Crippen LogP contribution in [-0.4, -0.2) is 27.5 Å². The van der Waals surface area contributed by atoms with Crippen LogP contribution in [0.15, 0.2) is 30.3 Å². The number of aromatic nitrogens is 2. The molecule has 0 spiro atoms. The van der Waals surface area contributed by atoms with Gasteiger partial charge in [-0.25, -0.2) is 4.79 Å². The Morgan fingerprint density at radius 2 is 2.05 bits per heavy atom. The molecule has 0 unspecified atom stereocenters. The van der Waals surface area contributed by atoms with Crippen molar-refractivity contribution in [1.29, 1.82) is 0 Å². The zero-order valence-corrected chi connectivity index (χ0v) is 11.0. The van der Waals surface area contributed by atoms with Crippen molar-refractivity contribution in [1.82, 2.24) is 9.78 Å². The number of hydrogen-bond acceptors (Lipinski definition) is 3. The first-order chi connectivity index (χ1) is 9.10. The Balaban J connectivity index is 2.18. The van der Waals surface area contributed by atoms with E-state index in [0.29, 0.717) is 18.8 Å². The fraction of sp³-hybridized carbons (Fsp3) is 0.286. The van der Waals surface area contributed by atoms with Crippen LogP contribution >= 0.6 is 0 Å². The number of ether oxygens (including phenoxy) is 1. The maximum atomic E-state index is 11.1. The first-order valence-electron chi connectivity index (χ1n) is 6.09. The molecule has 5 nitrogen and oxygen atoms in total. The van der Waals surface area contributed by atoms with E-state index in [4.69, 9.17) is 9.84 Å². The third-order valence-corrected chi connectivity index (χ3v) is 2.69. The lowest BCUT2D eigenvalue weighted by Gasteiger charge is -2.06. The smallest absolute Gasteiger partial charge is 0.354 e. The van der Waals surface area contributed by atoms with Gasteiger partial charge >= 0.3 is 5.97 Å². The van der Waals surface area contributed by atoms with Gasteiger partial charge in [0.2, 0.25) is 0 Å². The monoisotopic (exact) mass is 260 g/mol.